The summed E-state index contributed by atoms with van der Waals surface area (Å²) in [6, 6.07) is 1.63. The lowest BCUT2D eigenvalue weighted by molar-refractivity contribution is -0.145. The Hall–Kier alpha value is -1.62. The molecule has 0 N–H and O–H groups in total. The van der Waals surface area contributed by atoms with Gasteiger partial charge in [-0.1, -0.05) is 18.5 Å². The van der Waals surface area contributed by atoms with Crippen molar-refractivity contribution in [3.05, 3.63) is 28.5 Å². The maximum absolute atomic E-state index is 12.2. The number of hydrogen-bond donors (Lipinski definition) is 0. The summed E-state index contributed by atoms with van der Waals surface area (Å²) in [5.74, 6) is -1.02. The van der Waals surface area contributed by atoms with E-state index in [1.54, 1.807) is 27.0 Å². The molecule has 6 heteroatoms. The van der Waals surface area contributed by atoms with Crippen LogP contribution in [0.5, 0.6) is 0 Å². The first-order valence-electron chi connectivity index (χ1n) is 5.82. The number of methoxy groups -OCH3 is 1. The van der Waals surface area contributed by atoms with Crippen molar-refractivity contribution in [1.82, 2.24) is 9.88 Å². The number of rotatable bonds is 4. The Labute approximate surface area is 117 Å². The lowest BCUT2D eigenvalue weighted by atomic mass is 10.1. The Morgan fingerprint density at radius 1 is 1.53 bits per heavy atom. The minimum absolute atomic E-state index is 0.260. The highest BCUT2D eigenvalue weighted by molar-refractivity contribution is 6.33. The maximum atomic E-state index is 12.2. The highest BCUT2D eigenvalue weighted by Crippen LogP contribution is 2.17. The molecule has 5 nitrogen and oxygen atoms in total. The Morgan fingerprint density at radius 2 is 2.16 bits per heavy atom. The van der Waals surface area contributed by atoms with Gasteiger partial charge in [-0.3, -0.25) is 14.6 Å². The van der Waals surface area contributed by atoms with Crippen molar-refractivity contribution in [2.75, 3.05) is 20.7 Å². The number of esters is 1. The molecule has 1 rings (SSSR count). The monoisotopic (exact) mass is 284 g/mol. The van der Waals surface area contributed by atoms with Crippen molar-refractivity contribution in [1.29, 1.82) is 0 Å². The number of nitrogens with zero attached hydrogens (tertiary/aromatic N) is 2. The number of carbonyl (C=O) groups excluding carboxylic acids is 2. The zero-order valence-corrected chi connectivity index (χ0v) is 12.2. The minimum Gasteiger partial charge on any atom is -0.469 e. The van der Waals surface area contributed by atoms with Gasteiger partial charge in [0.2, 0.25) is 0 Å². The van der Waals surface area contributed by atoms with Gasteiger partial charge in [-0.15, -0.1) is 0 Å². The first kappa shape index (κ1) is 15.4. The van der Waals surface area contributed by atoms with Crippen molar-refractivity contribution in [2.24, 2.45) is 5.92 Å². The molecule has 0 saturated heterocycles. The highest BCUT2D eigenvalue weighted by atomic mass is 35.5. The number of amides is 1. The Morgan fingerprint density at radius 3 is 2.68 bits per heavy atom. The number of halogens is 1. The fourth-order valence-electron chi connectivity index (χ4n) is 1.66. The lowest BCUT2D eigenvalue weighted by Gasteiger charge is -2.20. The van der Waals surface area contributed by atoms with Gasteiger partial charge in [0.15, 0.2) is 0 Å². The van der Waals surface area contributed by atoms with E-state index < -0.39 is 5.92 Å². The van der Waals surface area contributed by atoms with Crippen molar-refractivity contribution < 1.29 is 14.3 Å². The van der Waals surface area contributed by atoms with Crippen molar-refractivity contribution in [3.8, 4) is 0 Å². The Bertz CT molecular complexity index is 491. The number of pyridine rings is 1. The topological polar surface area (TPSA) is 59.5 Å². The van der Waals surface area contributed by atoms with Gasteiger partial charge >= 0.3 is 5.97 Å². The minimum atomic E-state index is -0.392. The summed E-state index contributed by atoms with van der Waals surface area (Å²) in [6.45, 7) is 3.75. The third kappa shape index (κ3) is 3.92. The van der Waals surface area contributed by atoms with Crippen molar-refractivity contribution in [2.45, 2.75) is 13.8 Å². The van der Waals surface area contributed by atoms with Crippen LogP contribution >= 0.6 is 11.6 Å². The van der Waals surface area contributed by atoms with E-state index in [1.807, 2.05) is 0 Å². The summed E-state index contributed by atoms with van der Waals surface area (Å²) in [4.78, 5) is 29.0. The van der Waals surface area contributed by atoms with Crippen LogP contribution in [-0.2, 0) is 9.53 Å². The first-order valence-corrected chi connectivity index (χ1v) is 6.20. The molecule has 1 aromatic heterocycles. The molecule has 1 amide bonds. The molecular formula is C13H17ClN2O3. The number of ether oxygens (including phenoxy) is 1. The van der Waals surface area contributed by atoms with E-state index in [9.17, 15) is 9.59 Å². The van der Waals surface area contributed by atoms with Crippen LogP contribution in [-0.4, -0.2) is 42.5 Å². The average Bonchev–Trinajstić information content (AvgIpc) is 2.36. The molecule has 1 heterocycles. The second-order valence-corrected chi connectivity index (χ2v) is 4.82. The SMILES string of the molecule is COC(=O)C(C)CN(C)C(=O)c1cnc(C)cc1Cl. The predicted molar refractivity (Wildman–Crippen MR) is 72.1 cm³/mol. The van der Waals surface area contributed by atoms with Crippen LogP contribution in [0.25, 0.3) is 0 Å². The molecule has 0 saturated carbocycles. The molecule has 0 fully saturated rings. The highest BCUT2D eigenvalue weighted by Gasteiger charge is 2.21. The Kier molecular flexibility index (Phi) is 5.30. The van der Waals surface area contributed by atoms with Gasteiger partial charge in [0.25, 0.3) is 5.91 Å². The first-order chi connectivity index (χ1) is 8.86. The third-order valence-electron chi connectivity index (χ3n) is 2.72. The number of carbonyl (C=O) groups is 2. The molecule has 1 aromatic rings. The largest absolute Gasteiger partial charge is 0.469 e. The van der Waals surface area contributed by atoms with Crippen LogP contribution in [0.15, 0.2) is 12.3 Å². The average molecular weight is 285 g/mol. The van der Waals surface area contributed by atoms with Crippen LogP contribution in [0.4, 0.5) is 0 Å². The standard InChI is InChI=1S/C13H17ClN2O3/c1-8(13(18)19-4)7-16(3)12(17)10-6-15-9(2)5-11(10)14/h5-6,8H,7H2,1-4H3. The molecule has 0 aliphatic heterocycles. The molecule has 0 aliphatic rings. The van der Waals surface area contributed by atoms with Crippen LogP contribution in [0, 0.1) is 12.8 Å². The zero-order chi connectivity index (χ0) is 14.6. The maximum Gasteiger partial charge on any atom is 0.310 e. The van der Waals surface area contributed by atoms with Gasteiger partial charge in [-0.25, -0.2) is 0 Å². The van der Waals surface area contributed by atoms with E-state index in [4.69, 9.17) is 11.6 Å². The summed E-state index contributed by atoms with van der Waals surface area (Å²) in [6.07, 6.45) is 1.44. The van der Waals surface area contributed by atoms with Gasteiger partial charge in [0.1, 0.15) is 0 Å². The van der Waals surface area contributed by atoms with Gasteiger partial charge in [0, 0.05) is 25.5 Å². The molecule has 0 radical (unpaired) electrons. The molecule has 1 unspecified atom stereocenters. The Balaban J connectivity index is 2.79. The fourth-order valence-corrected chi connectivity index (χ4v) is 1.95. The summed E-state index contributed by atoms with van der Waals surface area (Å²) in [7, 11) is 2.93. The van der Waals surface area contributed by atoms with E-state index in [2.05, 4.69) is 9.72 Å². The van der Waals surface area contributed by atoms with Gasteiger partial charge in [-0.05, 0) is 13.0 Å². The molecular weight excluding hydrogens is 268 g/mol. The molecule has 0 spiro atoms. The fraction of sp³-hybridized carbons (Fsp3) is 0.462. The van der Waals surface area contributed by atoms with Gasteiger partial charge in [-0.2, -0.15) is 0 Å². The third-order valence-corrected chi connectivity index (χ3v) is 3.03. The van der Waals surface area contributed by atoms with Crippen LogP contribution in [0.1, 0.15) is 23.0 Å². The smallest absolute Gasteiger partial charge is 0.310 e. The van der Waals surface area contributed by atoms with Crippen molar-refractivity contribution in [3.63, 3.8) is 0 Å². The molecule has 1 atom stereocenters. The molecule has 0 bridgehead atoms. The number of hydrogen-bond acceptors (Lipinski definition) is 4. The lowest BCUT2D eigenvalue weighted by Crippen LogP contribution is -2.34. The molecule has 19 heavy (non-hydrogen) atoms. The predicted octanol–water partition coefficient (Wildman–Crippen LogP) is 1.92. The molecule has 0 aromatic carbocycles. The molecule has 0 aliphatic carbocycles. The quantitative estimate of drug-likeness (QED) is 0.793. The summed E-state index contributed by atoms with van der Waals surface area (Å²) < 4.78 is 4.62. The van der Waals surface area contributed by atoms with E-state index in [-0.39, 0.29) is 18.4 Å². The van der Waals surface area contributed by atoms with Crippen LogP contribution in [0.2, 0.25) is 5.02 Å². The van der Waals surface area contributed by atoms with E-state index in [1.165, 1.54) is 18.2 Å². The molecule has 104 valence electrons. The van der Waals surface area contributed by atoms with E-state index >= 15 is 0 Å². The second kappa shape index (κ2) is 6.52. The van der Waals surface area contributed by atoms with Crippen LogP contribution < -0.4 is 0 Å². The van der Waals surface area contributed by atoms with Crippen LogP contribution in [0.3, 0.4) is 0 Å². The number of aryl methyl sites for hydroxylation is 1. The zero-order valence-electron chi connectivity index (χ0n) is 11.4. The number of aromatic nitrogens is 1. The second-order valence-electron chi connectivity index (χ2n) is 4.42. The van der Waals surface area contributed by atoms with Gasteiger partial charge in [0.05, 0.1) is 23.6 Å². The van der Waals surface area contributed by atoms with E-state index in [0.29, 0.717) is 10.6 Å². The summed E-state index contributed by atoms with van der Waals surface area (Å²) >= 11 is 6.02. The summed E-state index contributed by atoms with van der Waals surface area (Å²) in [5.41, 5.74) is 1.07. The summed E-state index contributed by atoms with van der Waals surface area (Å²) in [5, 5.41) is 0.357. The van der Waals surface area contributed by atoms with E-state index in [0.717, 1.165) is 5.69 Å². The van der Waals surface area contributed by atoms with Gasteiger partial charge < -0.3 is 9.64 Å². The van der Waals surface area contributed by atoms with Crippen molar-refractivity contribution >= 4 is 23.5 Å². The normalized spacial score (nSPS) is 11.8.